The van der Waals surface area contributed by atoms with E-state index in [1.54, 1.807) is 11.8 Å². The zero-order valence-corrected chi connectivity index (χ0v) is 14.7. The molecule has 2 aromatic rings. The van der Waals surface area contributed by atoms with E-state index < -0.39 is 0 Å². The van der Waals surface area contributed by atoms with Gasteiger partial charge in [0, 0.05) is 4.90 Å². The number of amides is 1. The predicted octanol–water partition coefficient (Wildman–Crippen LogP) is 3.98. The van der Waals surface area contributed by atoms with E-state index in [1.165, 1.54) is 11.1 Å². The van der Waals surface area contributed by atoms with Crippen molar-refractivity contribution in [2.24, 2.45) is 0 Å². The van der Waals surface area contributed by atoms with Gasteiger partial charge in [0.25, 0.3) is 0 Å². The lowest BCUT2D eigenvalue weighted by Gasteiger charge is -2.12. The van der Waals surface area contributed by atoms with E-state index in [0.29, 0.717) is 13.2 Å². The van der Waals surface area contributed by atoms with Crippen LogP contribution in [0.25, 0.3) is 0 Å². The molecule has 0 aromatic heterocycles. The third-order valence-electron chi connectivity index (χ3n) is 3.39. The molecule has 0 aliphatic heterocycles. The summed E-state index contributed by atoms with van der Waals surface area (Å²) in [6.45, 7) is 6.98. The van der Waals surface area contributed by atoms with E-state index in [2.05, 4.69) is 24.4 Å². The quantitative estimate of drug-likeness (QED) is 0.617. The highest BCUT2D eigenvalue weighted by atomic mass is 32.2. The fourth-order valence-electron chi connectivity index (χ4n) is 2.00. The monoisotopic (exact) mass is 329 g/mol. The summed E-state index contributed by atoms with van der Waals surface area (Å²) in [5, 5.41) is 2.78. The fourth-order valence-corrected chi connectivity index (χ4v) is 2.89. The second-order valence-corrected chi connectivity index (χ2v) is 6.94. The van der Waals surface area contributed by atoms with Gasteiger partial charge in [-0.3, -0.25) is 4.79 Å². The number of carbonyl (C=O) groups excluding carboxylic acids is 1. The van der Waals surface area contributed by atoms with Crippen molar-refractivity contribution in [1.82, 2.24) is 5.32 Å². The fraction of sp³-hybridized carbons (Fsp3) is 0.316. The highest BCUT2D eigenvalue weighted by Crippen LogP contribution is 2.23. The normalized spacial score (nSPS) is 11.8. The van der Waals surface area contributed by atoms with Gasteiger partial charge in [-0.25, -0.2) is 0 Å². The molecular weight excluding hydrogens is 306 g/mol. The van der Waals surface area contributed by atoms with Crippen molar-refractivity contribution in [3.05, 3.63) is 59.7 Å². The van der Waals surface area contributed by atoms with Gasteiger partial charge in [-0.2, -0.15) is 0 Å². The molecule has 0 spiro atoms. The molecule has 23 heavy (non-hydrogen) atoms. The van der Waals surface area contributed by atoms with Crippen molar-refractivity contribution in [3.63, 3.8) is 0 Å². The molecule has 0 saturated carbocycles. The molecule has 0 fully saturated rings. The SMILES string of the molecule is Cc1ccc(OCCNC(=O)[C@@H](C)Sc2ccc(C)cc2)cc1. The first kappa shape index (κ1) is 17.4. The molecule has 0 heterocycles. The van der Waals surface area contributed by atoms with Crippen LogP contribution in [-0.2, 0) is 4.79 Å². The van der Waals surface area contributed by atoms with Crippen LogP contribution in [0.4, 0.5) is 0 Å². The van der Waals surface area contributed by atoms with Crippen LogP contribution in [-0.4, -0.2) is 24.3 Å². The molecule has 0 aliphatic rings. The molecule has 4 heteroatoms. The van der Waals surface area contributed by atoms with Crippen molar-refractivity contribution in [3.8, 4) is 5.75 Å². The molecule has 3 nitrogen and oxygen atoms in total. The first-order valence-corrected chi connectivity index (χ1v) is 8.63. The summed E-state index contributed by atoms with van der Waals surface area (Å²) in [5.74, 6) is 0.856. The average Bonchev–Trinajstić information content (AvgIpc) is 2.55. The minimum absolute atomic E-state index is 0.0306. The molecule has 0 radical (unpaired) electrons. The average molecular weight is 329 g/mol. The second-order valence-electron chi connectivity index (χ2n) is 5.53. The number of carbonyl (C=O) groups is 1. The van der Waals surface area contributed by atoms with Crippen molar-refractivity contribution in [1.29, 1.82) is 0 Å². The summed E-state index contributed by atoms with van der Waals surface area (Å²) in [4.78, 5) is 13.2. The maximum absolute atomic E-state index is 12.1. The van der Waals surface area contributed by atoms with Gasteiger partial charge in [-0.05, 0) is 45.0 Å². The van der Waals surface area contributed by atoms with E-state index in [9.17, 15) is 4.79 Å². The first-order valence-electron chi connectivity index (χ1n) is 7.75. The summed E-state index contributed by atoms with van der Waals surface area (Å²) >= 11 is 1.56. The topological polar surface area (TPSA) is 38.3 Å². The van der Waals surface area contributed by atoms with E-state index >= 15 is 0 Å². The highest BCUT2D eigenvalue weighted by Gasteiger charge is 2.13. The van der Waals surface area contributed by atoms with Gasteiger partial charge < -0.3 is 10.1 Å². The Morgan fingerprint density at radius 2 is 1.61 bits per heavy atom. The molecule has 2 rings (SSSR count). The standard InChI is InChI=1S/C19H23NO2S/c1-14-4-8-17(9-5-14)22-13-12-20-19(21)16(3)23-18-10-6-15(2)7-11-18/h4-11,16H,12-13H2,1-3H3,(H,20,21)/t16-/m1/s1. The summed E-state index contributed by atoms with van der Waals surface area (Å²) in [5.41, 5.74) is 2.42. The van der Waals surface area contributed by atoms with Crippen LogP contribution in [0.15, 0.2) is 53.4 Å². The number of ether oxygens (including phenoxy) is 1. The number of hydrogen-bond acceptors (Lipinski definition) is 3. The van der Waals surface area contributed by atoms with Gasteiger partial charge >= 0.3 is 0 Å². The summed E-state index contributed by atoms with van der Waals surface area (Å²) < 4.78 is 5.60. The lowest BCUT2D eigenvalue weighted by molar-refractivity contribution is -0.120. The second kappa shape index (κ2) is 8.63. The van der Waals surface area contributed by atoms with Gasteiger partial charge in [0.15, 0.2) is 0 Å². The van der Waals surface area contributed by atoms with Crippen molar-refractivity contribution in [2.45, 2.75) is 30.9 Å². The number of thioether (sulfide) groups is 1. The maximum atomic E-state index is 12.1. The van der Waals surface area contributed by atoms with Gasteiger partial charge in [0.05, 0.1) is 11.8 Å². The summed E-state index contributed by atoms with van der Waals surface area (Å²) in [6, 6.07) is 16.1. The number of hydrogen-bond donors (Lipinski definition) is 1. The molecule has 0 bridgehead atoms. The molecule has 2 aromatic carbocycles. The molecule has 1 N–H and O–H groups in total. The zero-order valence-electron chi connectivity index (χ0n) is 13.8. The van der Waals surface area contributed by atoms with Crippen LogP contribution in [0.1, 0.15) is 18.1 Å². The lowest BCUT2D eigenvalue weighted by atomic mass is 10.2. The predicted molar refractivity (Wildman–Crippen MR) is 96.2 cm³/mol. The Morgan fingerprint density at radius 3 is 2.22 bits per heavy atom. The van der Waals surface area contributed by atoms with Crippen LogP contribution < -0.4 is 10.1 Å². The molecule has 122 valence electrons. The van der Waals surface area contributed by atoms with Crippen molar-refractivity contribution >= 4 is 17.7 Å². The van der Waals surface area contributed by atoms with E-state index in [0.717, 1.165) is 10.6 Å². The third kappa shape index (κ3) is 5.99. The van der Waals surface area contributed by atoms with Crippen molar-refractivity contribution < 1.29 is 9.53 Å². The van der Waals surface area contributed by atoms with Crippen LogP contribution in [0, 0.1) is 13.8 Å². The highest BCUT2D eigenvalue weighted by molar-refractivity contribution is 8.00. The Morgan fingerprint density at radius 1 is 1.04 bits per heavy atom. The Hall–Kier alpha value is -1.94. The minimum atomic E-state index is -0.128. The summed E-state index contributed by atoms with van der Waals surface area (Å²) in [6.07, 6.45) is 0. The largest absolute Gasteiger partial charge is 0.492 e. The van der Waals surface area contributed by atoms with Crippen LogP contribution in [0.5, 0.6) is 5.75 Å². The van der Waals surface area contributed by atoms with Crippen molar-refractivity contribution in [2.75, 3.05) is 13.2 Å². The molecule has 1 amide bonds. The van der Waals surface area contributed by atoms with Gasteiger partial charge in [0.2, 0.25) is 5.91 Å². The number of rotatable bonds is 7. The number of nitrogens with one attached hydrogen (secondary N) is 1. The smallest absolute Gasteiger partial charge is 0.233 e. The van der Waals surface area contributed by atoms with Gasteiger partial charge in [-0.15, -0.1) is 11.8 Å². The van der Waals surface area contributed by atoms with E-state index in [4.69, 9.17) is 4.74 Å². The van der Waals surface area contributed by atoms with Crippen LogP contribution in [0.2, 0.25) is 0 Å². The maximum Gasteiger partial charge on any atom is 0.233 e. The number of aryl methyl sites for hydroxylation is 2. The van der Waals surface area contributed by atoms with Gasteiger partial charge in [0.1, 0.15) is 12.4 Å². The first-order chi connectivity index (χ1) is 11.0. The molecule has 0 saturated heterocycles. The Labute approximate surface area is 142 Å². The zero-order chi connectivity index (χ0) is 16.7. The van der Waals surface area contributed by atoms with E-state index in [1.807, 2.05) is 50.2 Å². The Kier molecular flexibility index (Phi) is 6.53. The molecule has 0 unspecified atom stereocenters. The Balaban J connectivity index is 1.69. The van der Waals surface area contributed by atoms with E-state index in [-0.39, 0.29) is 11.2 Å². The van der Waals surface area contributed by atoms with Gasteiger partial charge in [-0.1, -0.05) is 35.4 Å². The molecule has 0 aliphatic carbocycles. The Bertz CT molecular complexity index is 623. The summed E-state index contributed by atoms with van der Waals surface area (Å²) in [7, 11) is 0. The minimum Gasteiger partial charge on any atom is -0.492 e. The lowest BCUT2D eigenvalue weighted by Crippen LogP contribution is -2.33. The van der Waals surface area contributed by atoms with Crippen LogP contribution in [0.3, 0.4) is 0 Å². The molecule has 1 atom stereocenters. The number of benzene rings is 2. The molecular formula is C19H23NO2S. The van der Waals surface area contributed by atoms with Crippen LogP contribution >= 0.6 is 11.8 Å². The third-order valence-corrected chi connectivity index (χ3v) is 4.51.